The molecule has 1 aliphatic rings. The molecule has 0 aliphatic heterocycles. The van der Waals surface area contributed by atoms with Gasteiger partial charge in [-0.1, -0.05) is 13.3 Å². The second-order valence-corrected chi connectivity index (χ2v) is 4.29. The molecule has 0 saturated heterocycles. The van der Waals surface area contributed by atoms with E-state index in [2.05, 4.69) is 11.7 Å². The number of carbonyl (C=O) groups excluding carboxylic acids is 2. The van der Waals surface area contributed by atoms with Crippen molar-refractivity contribution in [2.75, 3.05) is 20.7 Å². The van der Waals surface area contributed by atoms with Crippen molar-refractivity contribution in [3.05, 3.63) is 0 Å². The van der Waals surface area contributed by atoms with Crippen LogP contribution < -0.4 is 0 Å². The van der Waals surface area contributed by atoms with Crippen LogP contribution in [-0.2, 0) is 14.3 Å². The number of rotatable bonds is 3. The van der Waals surface area contributed by atoms with Crippen molar-refractivity contribution in [3.8, 4) is 0 Å². The summed E-state index contributed by atoms with van der Waals surface area (Å²) in [6.45, 7) is 2.15. The van der Waals surface area contributed by atoms with E-state index in [9.17, 15) is 9.59 Å². The van der Waals surface area contributed by atoms with Gasteiger partial charge in [-0.15, -0.1) is 0 Å². The van der Waals surface area contributed by atoms with Gasteiger partial charge in [-0.3, -0.25) is 9.59 Å². The van der Waals surface area contributed by atoms with Crippen LogP contribution >= 0.6 is 0 Å². The van der Waals surface area contributed by atoms with Crippen LogP contribution in [-0.4, -0.2) is 37.5 Å². The van der Waals surface area contributed by atoms with Gasteiger partial charge in [-0.25, -0.2) is 0 Å². The summed E-state index contributed by atoms with van der Waals surface area (Å²) in [6.07, 6.45) is 3.18. The summed E-state index contributed by atoms with van der Waals surface area (Å²) in [5.74, 6) is 0.249. The Morgan fingerprint density at radius 1 is 1.40 bits per heavy atom. The summed E-state index contributed by atoms with van der Waals surface area (Å²) in [5, 5.41) is 0. The number of methoxy groups -OCH3 is 1. The molecular formula is C11H19NO3. The summed E-state index contributed by atoms with van der Waals surface area (Å²) in [4.78, 5) is 24.4. The van der Waals surface area contributed by atoms with E-state index in [0.717, 1.165) is 19.3 Å². The summed E-state index contributed by atoms with van der Waals surface area (Å²) in [5.41, 5.74) is 0. The van der Waals surface area contributed by atoms with Gasteiger partial charge in [-0.2, -0.15) is 0 Å². The van der Waals surface area contributed by atoms with Crippen LogP contribution in [0.3, 0.4) is 0 Å². The second-order valence-electron chi connectivity index (χ2n) is 4.29. The average molecular weight is 213 g/mol. The van der Waals surface area contributed by atoms with E-state index in [0.29, 0.717) is 5.92 Å². The van der Waals surface area contributed by atoms with Gasteiger partial charge in [-0.05, 0) is 18.8 Å². The number of nitrogens with zero attached hydrogens (tertiary/aromatic N) is 1. The monoisotopic (exact) mass is 213 g/mol. The zero-order chi connectivity index (χ0) is 11.4. The first kappa shape index (κ1) is 12.0. The minimum absolute atomic E-state index is 0.0541. The van der Waals surface area contributed by atoms with Crippen molar-refractivity contribution in [2.24, 2.45) is 11.8 Å². The highest BCUT2D eigenvalue weighted by atomic mass is 16.5. The molecule has 86 valence electrons. The highest BCUT2D eigenvalue weighted by Crippen LogP contribution is 2.32. The van der Waals surface area contributed by atoms with E-state index in [1.54, 1.807) is 7.05 Å². The Kier molecular flexibility index (Phi) is 4.12. The minimum Gasteiger partial charge on any atom is -0.468 e. The Hall–Kier alpha value is -1.06. The van der Waals surface area contributed by atoms with E-state index >= 15 is 0 Å². The Morgan fingerprint density at radius 2 is 2.07 bits per heavy atom. The average Bonchev–Trinajstić information content (AvgIpc) is 2.63. The van der Waals surface area contributed by atoms with Crippen molar-refractivity contribution < 1.29 is 14.3 Å². The number of hydrogen-bond acceptors (Lipinski definition) is 3. The van der Waals surface area contributed by atoms with Gasteiger partial charge < -0.3 is 9.64 Å². The lowest BCUT2D eigenvalue weighted by molar-refractivity contribution is -0.147. The number of ether oxygens (including phenoxy) is 1. The van der Waals surface area contributed by atoms with Gasteiger partial charge in [0.05, 0.1) is 7.11 Å². The Bertz CT molecular complexity index is 252. The van der Waals surface area contributed by atoms with E-state index in [-0.39, 0.29) is 24.3 Å². The molecule has 2 atom stereocenters. The summed E-state index contributed by atoms with van der Waals surface area (Å²) < 4.78 is 4.53. The second kappa shape index (κ2) is 5.14. The van der Waals surface area contributed by atoms with Crippen LogP contribution in [0.15, 0.2) is 0 Å². The Labute approximate surface area is 90.6 Å². The van der Waals surface area contributed by atoms with Crippen LogP contribution in [0.4, 0.5) is 0 Å². The van der Waals surface area contributed by atoms with Crippen LogP contribution in [0.5, 0.6) is 0 Å². The molecule has 1 aliphatic carbocycles. The predicted octanol–water partition coefficient (Wildman–Crippen LogP) is 1.05. The van der Waals surface area contributed by atoms with Crippen LogP contribution in [0.25, 0.3) is 0 Å². The smallest absolute Gasteiger partial charge is 0.325 e. The van der Waals surface area contributed by atoms with Crippen molar-refractivity contribution in [2.45, 2.75) is 26.2 Å². The molecule has 2 unspecified atom stereocenters. The predicted molar refractivity (Wildman–Crippen MR) is 56.2 cm³/mol. The molecular weight excluding hydrogens is 194 g/mol. The molecule has 0 radical (unpaired) electrons. The van der Waals surface area contributed by atoms with Crippen LogP contribution in [0.2, 0.25) is 0 Å². The third-order valence-corrected chi connectivity index (χ3v) is 3.15. The van der Waals surface area contributed by atoms with Gasteiger partial charge in [0.1, 0.15) is 6.54 Å². The Balaban J connectivity index is 2.48. The summed E-state index contributed by atoms with van der Waals surface area (Å²) in [7, 11) is 2.99. The van der Waals surface area contributed by atoms with E-state index in [1.807, 2.05) is 0 Å². The maximum Gasteiger partial charge on any atom is 0.325 e. The molecule has 0 bridgehead atoms. The maximum atomic E-state index is 11.9. The van der Waals surface area contributed by atoms with Crippen molar-refractivity contribution in [1.82, 2.24) is 4.90 Å². The molecule has 0 aromatic rings. The third-order valence-electron chi connectivity index (χ3n) is 3.15. The van der Waals surface area contributed by atoms with E-state index in [4.69, 9.17) is 0 Å². The first-order chi connectivity index (χ1) is 7.06. The van der Waals surface area contributed by atoms with Gasteiger partial charge in [0.15, 0.2) is 0 Å². The fourth-order valence-electron chi connectivity index (χ4n) is 2.13. The number of carbonyl (C=O) groups is 2. The number of amides is 1. The van der Waals surface area contributed by atoms with Gasteiger partial charge >= 0.3 is 5.97 Å². The molecule has 1 fully saturated rings. The van der Waals surface area contributed by atoms with Crippen LogP contribution in [0, 0.1) is 11.8 Å². The number of likely N-dealkylation sites (N-methyl/N-ethyl adjacent to an activating group) is 1. The quantitative estimate of drug-likeness (QED) is 0.658. The highest BCUT2D eigenvalue weighted by molar-refractivity contribution is 5.83. The largest absolute Gasteiger partial charge is 0.468 e. The third kappa shape index (κ3) is 2.94. The first-order valence-corrected chi connectivity index (χ1v) is 5.38. The molecule has 15 heavy (non-hydrogen) atoms. The molecule has 1 rings (SSSR count). The zero-order valence-corrected chi connectivity index (χ0v) is 9.66. The van der Waals surface area contributed by atoms with Crippen LogP contribution in [0.1, 0.15) is 26.2 Å². The molecule has 1 amide bonds. The van der Waals surface area contributed by atoms with E-state index < -0.39 is 0 Å². The number of esters is 1. The van der Waals surface area contributed by atoms with Gasteiger partial charge in [0.2, 0.25) is 5.91 Å². The molecule has 0 aromatic carbocycles. The van der Waals surface area contributed by atoms with Crippen molar-refractivity contribution in [3.63, 3.8) is 0 Å². The van der Waals surface area contributed by atoms with E-state index in [1.165, 1.54) is 12.0 Å². The van der Waals surface area contributed by atoms with Gasteiger partial charge in [0.25, 0.3) is 0 Å². The standard InChI is InChI=1S/C11H19NO3/c1-8-5-4-6-9(8)11(14)12(2)7-10(13)15-3/h8-9H,4-7H2,1-3H3. The Morgan fingerprint density at radius 3 is 2.53 bits per heavy atom. The topological polar surface area (TPSA) is 46.6 Å². The summed E-state index contributed by atoms with van der Waals surface area (Å²) in [6, 6.07) is 0. The molecule has 1 saturated carbocycles. The zero-order valence-electron chi connectivity index (χ0n) is 9.66. The molecule has 0 aromatic heterocycles. The van der Waals surface area contributed by atoms with Crippen molar-refractivity contribution in [1.29, 1.82) is 0 Å². The molecule has 4 heteroatoms. The molecule has 4 nitrogen and oxygen atoms in total. The van der Waals surface area contributed by atoms with Gasteiger partial charge in [0, 0.05) is 13.0 Å². The lowest BCUT2D eigenvalue weighted by Gasteiger charge is -2.22. The summed E-state index contributed by atoms with van der Waals surface area (Å²) >= 11 is 0. The lowest BCUT2D eigenvalue weighted by atomic mass is 9.97. The molecule has 0 heterocycles. The number of hydrogen-bond donors (Lipinski definition) is 0. The first-order valence-electron chi connectivity index (χ1n) is 5.38. The maximum absolute atomic E-state index is 11.9. The lowest BCUT2D eigenvalue weighted by Crippen LogP contribution is -2.37. The fourth-order valence-corrected chi connectivity index (χ4v) is 2.13. The highest BCUT2D eigenvalue weighted by Gasteiger charge is 2.32. The SMILES string of the molecule is COC(=O)CN(C)C(=O)C1CCCC1C. The minimum atomic E-state index is -0.364. The molecule has 0 N–H and O–H groups in total. The van der Waals surface area contributed by atoms with Crippen molar-refractivity contribution >= 4 is 11.9 Å². The molecule has 0 spiro atoms. The fraction of sp³-hybridized carbons (Fsp3) is 0.818. The normalized spacial score (nSPS) is 25.0.